The third kappa shape index (κ3) is 5.25. The zero-order chi connectivity index (χ0) is 14.0. The van der Waals surface area contributed by atoms with E-state index in [9.17, 15) is 4.79 Å². The number of rotatable bonds is 2. The molecular formula is C14H21IN2O. The highest BCUT2D eigenvalue weighted by molar-refractivity contribution is 14.1. The summed E-state index contributed by atoms with van der Waals surface area (Å²) in [5.41, 5.74) is 1.82. The molecule has 0 bridgehead atoms. The van der Waals surface area contributed by atoms with Crippen LogP contribution in [0.5, 0.6) is 0 Å². The van der Waals surface area contributed by atoms with Crippen LogP contribution in [0.4, 0.5) is 10.5 Å². The minimum atomic E-state index is -0.228. The first kappa shape index (κ1) is 15.3. The molecule has 1 rings (SSSR count). The fraction of sp³-hybridized carbons (Fsp3) is 0.500. The lowest BCUT2D eigenvalue weighted by Crippen LogP contribution is -2.43. The number of alkyl halides is 1. The highest BCUT2D eigenvalue weighted by atomic mass is 127. The van der Waals surface area contributed by atoms with Crippen LogP contribution in [0.3, 0.4) is 0 Å². The van der Waals surface area contributed by atoms with Crippen molar-refractivity contribution in [3.05, 3.63) is 29.8 Å². The molecule has 0 aliphatic carbocycles. The van der Waals surface area contributed by atoms with Gasteiger partial charge in [-0.2, -0.15) is 0 Å². The molecule has 0 heterocycles. The molecule has 0 aromatic heterocycles. The third-order valence-electron chi connectivity index (χ3n) is 2.32. The van der Waals surface area contributed by atoms with E-state index in [4.69, 9.17) is 0 Å². The number of hydrogen-bond donors (Lipinski definition) is 2. The minimum Gasteiger partial charge on any atom is -0.333 e. The van der Waals surface area contributed by atoms with E-state index in [1.807, 2.05) is 45.0 Å². The Balaban J connectivity index is 2.67. The largest absolute Gasteiger partial charge is 0.333 e. The molecule has 0 saturated carbocycles. The SMILES string of the molecule is CC(C)(C)NC(=O)Nc1ccc(C(C)(C)I)cc1. The Hall–Kier alpha value is -0.780. The van der Waals surface area contributed by atoms with Crippen molar-refractivity contribution in [2.24, 2.45) is 0 Å². The maximum absolute atomic E-state index is 11.7. The van der Waals surface area contributed by atoms with Gasteiger partial charge in [-0.15, -0.1) is 0 Å². The monoisotopic (exact) mass is 360 g/mol. The Labute approximate surface area is 123 Å². The Kier molecular flexibility index (Phi) is 4.64. The van der Waals surface area contributed by atoms with Crippen molar-refractivity contribution in [1.29, 1.82) is 0 Å². The zero-order valence-electron chi connectivity index (χ0n) is 11.6. The van der Waals surface area contributed by atoms with Crippen molar-refractivity contribution in [1.82, 2.24) is 5.32 Å². The quantitative estimate of drug-likeness (QED) is 0.600. The molecule has 0 spiro atoms. The Morgan fingerprint density at radius 3 is 1.94 bits per heavy atom. The lowest BCUT2D eigenvalue weighted by Gasteiger charge is -2.21. The molecule has 4 heteroatoms. The van der Waals surface area contributed by atoms with Crippen LogP contribution in [0.1, 0.15) is 40.2 Å². The highest BCUT2D eigenvalue weighted by Crippen LogP contribution is 2.30. The second kappa shape index (κ2) is 5.47. The molecule has 0 fully saturated rings. The second-order valence-electron chi connectivity index (χ2n) is 5.88. The van der Waals surface area contributed by atoms with Crippen molar-refractivity contribution < 1.29 is 4.79 Å². The number of carbonyl (C=O) groups is 1. The summed E-state index contributed by atoms with van der Waals surface area (Å²) in [6.45, 7) is 10.2. The van der Waals surface area contributed by atoms with Crippen LogP contribution in [0, 0.1) is 0 Å². The number of amides is 2. The standard InChI is InChI=1S/C14H21IN2O/c1-13(2,3)17-12(18)16-11-8-6-10(7-9-11)14(4,5)15/h6-9H,1-5H3,(H2,16,17,18). The number of benzene rings is 1. The highest BCUT2D eigenvalue weighted by Gasteiger charge is 2.16. The van der Waals surface area contributed by atoms with E-state index >= 15 is 0 Å². The van der Waals surface area contributed by atoms with Gasteiger partial charge in [0, 0.05) is 14.6 Å². The molecule has 0 radical (unpaired) electrons. The molecule has 100 valence electrons. The van der Waals surface area contributed by atoms with Crippen LogP contribution >= 0.6 is 22.6 Å². The van der Waals surface area contributed by atoms with E-state index in [1.165, 1.54) is 5.56 Å². The first-order valence-electron chi connectivity index (χ1n) is 5.96. The first-order chi connectivity index (χ1) is 8.08. The van der Waals surface area contributed by atoms with Gasteiger partial charge < -0.3 is 10.6 Å². The molecule has 1 aromatic rings. The van der Waals surface area contributed by atoms with Gasteiger partial charge in [0.1, 0.15) is 0 Å². The van der Waals surface area contributed by atoms with Crippen molar-refractivity contribution in [2.75, 3.05) is 5.32 Å². The summed E-state index contributed by atoms with van der Waals surface area (Å²) in [6.07, 6.45) is 0. The van der Waals surface area contributed by atoms with E-state index in [0.29, 0.717) is 0 Å². The molecule has 0 saturated heterocycles. The van der Waals surface area contributed by atoms with Crippen molar-refractivity contribution in [3.8, 4) is 0 Å². The van der Waals surface area contributed by atoms with Crippen LogP contribution in [0.25, 0.3) is 0 Å². The lowest BCUT2D eigenvalue weighted by molar-refractivity contribution is 0.244. The van der Waals surface area contributed by atoms with Crippen LogP contribution in [-0.2, 0) is 3.42 Å². The topological polar surface area (TPSA) is 41.1 Å². The first-order valence-corrected chi connectivity index (χ1v) is 7.04. The van der Waals surface area contributed by atoms with Crippen LogP contribution in [0.2, 0.25) is 0 Å². The smallest absolute Gasteiger partial charge is 0.319 e. The number of urea groups is 1. The summed E-state index contributed by atoms with van der Waals surface area (Å²) < 4.78 is 0.101. The molecule has 18 heavy (non-hydrogen) atoms. The normalized spacial score (nSPS) is 12.1. The fourth-order valence-electron chi connectivity index (χ4n) is 1.45. The van der Waals surface area contributed by atoms with Gasteiger partial charge in [0.05, 0.1) is 0 Å². The minimum absolute atomic E-state index is 0.101. The summed E-state index contributed by atoms with van der Waals surface area (Å²) >= 11 is 2.40. The number of anilines is 1. The Morgan fingerprint density at radius 2 is 1.56 bits per heavy atom. The summed E-state index contributed by atoms with van der Waals surface area (Å²) in [4.78, 5) is 11.7. The van der Waals surface area contributed by atoms with Crippen molar-refractivity contribution in [3.63, 3.8) is 0 Å². The average molecular weight is 360 g/mol. The van der Waals surface area contributed by atoms with Gasteiger partial charge in [0.25, 0.3) is 0 Å². The van der Waals surface area contributed by atoms with E-state index in [2.05, 4.69) is 47.1 Å². The molecule has 1 aromatic carbocycles. The molecule has 0 unspecified atom stereocenters. The van der Waals surface area contributed by atoms with E-state index in [-0.39, 0.29) is 15.0 Å². The molecule has 0 aliphatic heterocycles. The molecule has 0 aliphatic rings. The maximum Gasteiger partial charge on any atom is 0.319 e. The van der Waals surface area contributed by atoms with Crippen molar-refractivity contribution in [2.45, 2.75) is 43.6 Å². The van der Waals surface area contributed by atoms with Gasteiger partial charge >= 0.3 is 6.03 Å². The Bertz CT molecular complexity index is 413. The number of carbonyl (C=O) groups excluding carboxylic acids is 1. The molecule has 2 N–H and O–H groups in total. The predicted octanol–water partition coefficient (Wildman–Crippen LogP) is 4.28. The number of halogens is 1. The molecular weight excluding hydrogens is 339 g/mol. The van der Waals surface area contributed by atoms with E-state index in [0.717, 1.165) is 5.69 Å². The summed E-state index contributed by atoms with van der Waals surface area (Å²) in [6, 6.07) is 7.76. The Morgan fingerprint density at radius 1 is 1.06 bits per heavy atom. The molecule has 3 nitrogen and oxygen atoms in total. The fourth-order valence-corrected chi connectivity index (χ4v) is 1.81. The molecule has 0 atom stereocenters. The second-order valence-corrected chi connectivity index (χ2v) is 8.58. The van der Waals surface area contributed by atoms with Crippen LogP contribution in [0.15, 0.2) is 24.3 Å². The predicted molar refractivity (Wildman–Crippen MR) is 85.4 cm³/mol. The van der Waals surface area contributed by atoms with Gasteiger partial charge in [-0.1, -0.05) is 34.7 Å². The summed E-state index contributed by atoms with van der Waals surface area (Å²) in [5.74, 6) is 0. The number of hydrogen-bond acceptors (Lipinski definition) is 1. The van der Waals surface area contributed by atoms with Gasteiger partial charge in [-0.3, -0.25) is 0 Å². The van der Waals surface area contributed by atoms with E-state index in [1.54, 1.807) is 0 Å². The summed E-state index contributed by atoms with van der Waals surface area (Å²) in [7, 11) is 0. The number of nitrogens with one attached hydrogen (secondary N) is 2. The third-order valence-corrected chi connectivity index (χ3v) is 2.94. The van der Waals surface area contributed by atoms with Gasteiger partial charge in [0.15, 0.2) is 0 Å². The van der Waals surface area contributed by atoms with Gasteiger partial charge in [0.2, 0.25) is 0 Å². The molecule has 2 amide bonds. The average Bonchev–Trinajstić information content (AvgIpc) is 2.13. The van der Waals surface area contributed by atoms with Gasteiger partial charge in [-0.05, 0) is 52.3 Å². The zero-order valence-corrected chi connectivity index (χ0v) is 13.8. The summed E-state index contributed by atoms with van der Waals surface area (Å²) in [5, 5.41) is 5.69. The van der Waals surface area contributed by atoms with E-state index < -0.39 is 0 Å². The van der Waals surface area contributed by atoms with Crippen molar-refractivity contribution >= 4 is 34.3 Å². The maximum atomic E-state index is 11.7. The lowest BCUT2D eigenvalue weighted by atomic mass is 10.0. The van der Waals surface area contributed by atoms with Gasteiger partial charge in [-0.25, -0.2) is 4.79 Å². The van der Waals surface area contributed by atoms with Crippen LogP contribution < -0.4 is 10.6 Å². The van der Waals surface area contributed by atoms with Crippen LogP contribution in [-0.4, -0.2) is 11.6 Å².